The molecule has 0 atom stereocenters. The number of carbonyl (C=O) groups excluding carboxylic acids is 1. The van der Waals surface area contributed by atoms with Crippen molar-refractivity contribution in [2.24, 2.45) is 0 Å². The maximum Gasteiger partial charge on any atom is 0.265 e. The average Bonchev–Trinajstić information content (AvgIpc) is 2.71. The summed E-state index contributed by atoms with van der Waals surface area (Å²) in [5, 5.41) is 1.87. The van der Waals surface area contributed by atoms with E-state index in [2.05, 4.69) is 17.2 Å². The first-order chi connectivity index (χ1) is 13.9. The number of anilines is 1. The lowest BCUT2D eigenvalue weighted by Crippen LogP contribution is -3.12. The number of ether oxygens (including phenoxy) is 1. The molecule has 0 bridgehead atoms. The summed E-state index contributed by atoms with van der Waals surface area (Å²) in [6.07, 6.45) is 0. The van der Waals surface area contributed by atoms with Crippen LogP contribution in [0.25, 0.3) is 0 Å². The zero-order chi connectivity index (χ0) is 20.9. The molecule has 9 heteroatoms. The number of hydrazine groups is 1. The van der Waals surface area contributed by atoms with E-state index in [0.29, 0.717) is 23.6 Å². The quantitative estimate of drug-likeness (QED) is 0.603. The number of nitrogens with one attached hydrogen (secondary N) is 3. The molecule has 1 aliphatic heterocycles. The van der Waals surface area contributed by atoms with Crippen LogP contribution in [0.5, 0.6) is 5.75 Å². The zero-order valence-electron chi connectivity index (χ0n) is 16.6. The second-order valence-corrected chi connectivity index (χ2v) is 8.66. The first kappa shape index (κ1) is 21.1. The van der Waals surface area contributed by atoms with Gasteiger partial charge in [-0.05, 0) is 49.4 Å². The van der Waals surface area contributed by atoms with E-state index < -0.39 is 10.0 Å². The van der Waals surface area contributed by atoms with Crippen molar-refractivity contribution in [2.75, 3.05) is 44.6 Å². The number of sulfonamides is 1. The molecule has 0 unspecified atom stereocenters. The lowest BCUT2D eigenvalue weighted by atomic mass is 10.2. The molecule has 3 N–H and O–H groups in total. The molecule has 1 fully saturated rings. The molecule has 8 nitrogen and oxygen atoms in total. The Kier molecular flexibility index (Phi) is 6.73. The summed E-state index contributed by atoms with van der Waals surface area (Å²) in [4.78, 5) is 14.0. The highest BCUT2D eigenvalue weighted by molar-refractivity contribution is 7.92. The Morgan fingerprint density at radius 1 is 1.14 bits per heavy atom. The van der Waals surface area contributed by atoms with Gasteiger partial charge in [0.1, 0.15) is 5.75 Å². The van der Waals surface area contributed by atoms with E-state index in [1.165, 1.54) is 17.0 Å². The van der Waals surface area contributed by atoms with Gasteiger partial charge in [-0.25, -0.2) is 13.4 Å². The largest absolute Gasteiger partial charge is 0.494 e. The Hall–Kier alpha value is -2.62. The second-order valence-electron chi connectivity index (χ2n) is 6.98. The smallest absolute Gasteiger partial charge is 0.265 e. The van der Waals surface area contributed by atoms with Gasteiger partial charge < -0.3 is 9.64 Å². The van der Waals surface area contributed by atoms with Crippen LogP contribution in [-0.4, -0.2) is 59.2 Å². The average molecular weight is 420 g/mol. The maximum absolute atomic E-state index is 12.7. The minimum absolute atomic E-state index is 0.0295. The number of carbonyl (C=O) groups is 1. The zero-order valence-corrected chi connectivity index (χ0v) is 17.5. The third kappa shape index (κ3) is 5.69. The van der Waals surface area contributed by atoms with E-state index >= 15 is 0 Å². The predicted molar refractivity (Wildman–Crippen MR) is 111 cm³/mol. The summed E-state index contributed by atoms with van der Waals surface area (Å²) in [7, 11) is -1.71. The van der Waals surface area contributed by atoms with Crippen molar-refractivity contribution in [3.05, 3.63) is 54.1 Å². The number of likely N-dealkylation sites (N-methyl/N-ethyl adjacent to an activating group) is 1. The molecule has 1 saturated heterocycles. The van der Waals surface area contributed by atoms with Crippen LogP contribution in [0.1, 0.15) is 17.3 Å². The van der Waals surface area contributed by atoms with Crippen molar-refractivity contribution in [3.8, 4) is 5.75 Å². The third-order valence-electron chi connectivity index (χ3n) is 4.70. The first-order valence-electron chi connectivity index (χ1n) is 9.60. The minimum Gasteiger partial charge on any atom is -0.494 e. The Morgan fingerprint density at radius 3 is 2.48 bits per heavy atom. The number of piperazine rings is 1. The standard InChI is InChI=1S/C20H26N4O4S/c1-3-28-18-9-7-17(8-10-18)22-29(26,27)19-6-4-5-16(15-19)20(25)21-24-13-11-23(2)12-14-24/h4-10,15,22H,3,11-14H2,1-2H3,(H,21,25)/p+1. The predicted octanol–water partition coefficient (Wildman–Crippen LogP) is 0.361. The van der Waals surface area contributed by atoms with E-state index in [1.54, 1.807) is 36.4 Å². The summed E-state index contributed by atoms with van der Waals surface area (Å²) in [5.41, 5.74) is 3.57. The van der Waals surface area contributed by atoms with Crippen LogP contribution in [0.3, 0.4) is 0 Å². The van der Waals surface area contributed by atoms with E-state index in [4.69, 9.17) is 4.74 Å². The first-order valence-corrected chi connectivity index (χ1v) is 11.1. The molecule has 0 spiro atoms. The molecule has 1 amide bonds. The van der Waals surface area contributed by atoms with Crippen molar-refractivity contribution in [2.45, 2.75) is 11.8 Å². The van der Waals surface area contributed by atoms with Gasteiger partial charge in [0, 0.05) is 11.3 Å². The van der Waals surface area contributed by atoms with Gasteiger partial charge in [-0.15, -0.1) is 0 Å². The highest BCUT2D eigenvalue weighted by Gasteiger charge is 2.20. The van der Waals surface area contributed by atoms with Crippen LogP contribution in [-0.2, 0) is 10.0 Å². The van der Waals surface area contributed by atoms with E-state index in [-0.39, 0.29) is 10.8 Å². The van der Waals surface area contributed by atoms with Crippen molar-refractivity contribution < 1.29 is 22.8 Å². The topological polar surface area (TPSA) is 92.2 Å². The van der Waals surface area contributed by atoms with Crippen LogP contribution >= 0.6 is 0 Å². The molecule has 0 saturated carbocycles. The Morgan fingerprint density at radius 2 is 1.83 bits per heavy atom. The monoisotopic (exact) mass is 419 g/mol. The Balaban J connectivity index is 1.69. The molecule has 0 radical (unpaired) electrons. The van der Waals surface area contributed by atoms with Gasteiger partial charge in [0.2, 0.25) is 0 Å². The van der Waals surface area contributed by atoms with Gasteiger partial charge in [0.25, 0.3) is 15.9 Å². The van der Waals surface area contributed by atoms with Gasteiger partial charge in [0.05, 0.1) is 44.7 Å². The van der Waals surface area contributed by atoms with Gasteiger partial charge in [-0.3, -0.25) is 14.9 Å². The van der Waals surface area contributed by atoms with Crippen LogP contribution in [0.15, 0.2) is 53.4 Å². The highest BCUT2D eigenvalue weighted by atomic mass is 32.2. The number of benzene rings is 2. The van der Waals surface area contributed by atoms with E-state index in [0.717, 1.165) is 26.2 Å². The molecule has 0 aromatic heterocycles. The molecule has 0 aliphatic carbocycles. The van der Waals surface area contributed by atoms with Crippen LogP contribution in [0.2, 0.25) is 0 Å². The van der Waals surface area contributed by atoms with Crippen LogP contribution in [0, 0.1) is 0 Å². The van der Waals surface area contributed by atoms with Gasteiger partial charge in [-0.2, -0.15) is 0 Å². The van der Waals surface area contributed by atoms with E-state index in [1.807, 2.05) is 11.9 Å². The van der Waals surface area contributed by atoms with Crippen molar-refractivity contribution in [1.29, 1.82) is 0 Å². The lowest BCUT2D eigenvalue weighted by molar-refractivity contribution is -0.884. The Bertz CT molecular complexity index is 939. The number of hydrogen-bond acceptors (Lipinski definition) is 5. The van der Waals surface area contributed by atoms with Crippen LogP contribution in [0.4, 0.5) is 5.69 Å². The summed E-state index contributed by atoms with van der Waals surface area (Å²) < 4.78 is 33.3. The lowest BCUT2D eigenvalue weighted by Gasteiger charge is -2.30. The molecule has 1 heterocycles. The van der Waals surface area contributed by atoms with E-state index in [9.17, 15) is 13.2 Å². The molecular formula is C20H27N4O4S+. The summed E-state index contributed by atoms with van der Waals surface area (Å²) in [6.45, 7) is 5.82. The molecule has 2 aromatic carbocycles. The van der Waals surface area contributed by atoms with Crippen LogP contribution < -0.4 is 19.8 Å². The summed E-state index contributed by atoms with van der Waals surface area (Å²) in [6, 6.07) is 12.7. The number of amides is 1. The number of rotatable bonds is 7. The number of nitrogens with zero attached hydrogens (tertiary/aromatic N) is 1. The van der Waals surface area contributed by atoms with Crippen molar-refractivity contribution in [1.82, 2.24) is 10.4 Å². The second kappa shape index (κ2) is 9.25. The van der Waals surface area contributed by atoms with Crippen molar-refractivity contribution in [3.63, 3.8) is 0 Å². The summed E-state index contributed by atoms with van der Waals surface area (Å²) in [5.74, 6) is 0.349. The van der Waals surface area contributed by atoms with Gasteiger partial charge in [-0.1, -0.05) is 6.07 Å². The molecule has 3 rings (SSSR count). The number of quaternary nitrogens is 1. The fourth-order valence-electron chi connectivity index (χ4n) is 3.01. The highest BCUT2D eigenvalue weighted by Crippen LogP contribution is 2.20. The third-order valence-corrected chi connectivity index (χ3v) is 6.08. The summed E-state index contributed by atoms with van der Waals surface area (Å²) >= 11 is 0. The van der Waals surface area contributed by atoms with Gasteiger partial charge >= 0.3 is 0 Å². The normalized spacial score (nSPS) is 15.7. The fourth-order valence-corrected chi connectivity index (χ4v) is 4.12. The molecule has 2 aromatic rings. The minimum atomic E-state index is -3.82. The maximum atomic E-state index is 12.7. The molecule has 29 heavy (non-hydrogen) atoms. The SMILES string of the molecule is CCOc1ccc(NS(=O)(=O)c2cccc(C(=O)NN3CC[NH+](C)CC3)c2)cc1. The molecular weight excluding hydrogens is 392 g/mol. The Labute approximate surface area is 171 Å². The molecule has 156 valence electrons. The van der Waals surface area contributed by atoms with Crippen molar-refractivity contribution >= 4 is 21.6 Å². The van der Waals surface area contributed by atoms with Gasteiger partial charge in [0.15, 0.2) is 0 Å². The fraction of sp³-hybridized carbons (Fsp3) is 0.350. The molecule has 1 aliphatic rings. The number of hydrogen-bond donors (Lipinski definition) is 3.